The molecule has 0 radical (unpaired) electrons. The van der Waals surface area contributed by atoms with Crippen LogP contribution in [0.4, 0.5) is 4.79 Å². The van der Waals surface area contributed by atoms with Crippen LogP contribution in [0.5, 0.6) is 0 Å². The molecule has 8 N–H and O–H groups in total. The van der Waals surface area contributed by atoms with E-state index in [1.54, 1.807) is 24.3 Å². The summed E-state index contributed by atoms with van der Waals surface area (Å²) in [5.74, 6) is 0.577. The number of amides is 2. The number of nitrogens with zero attached hydrogens (tertiary/aromatic N) is 5. The lowest BCUT2D eigenvalue weighted by atomic mass is 10.00. The van der Waals surface area contributed by atoms with Gasteiger partial charge >= 0.3 is 29.9 Å². The molecule has 0 unspecified atom stereocenters. The number of hydrogen-bond donors (Lipinski definition) is 7. The standard InChI is InChI=1S/C31H40N8O12S/c32-50-51-52-21-6-4-20(5-7-21)15-24(40)22(8-9-27(41)42)35-31(49)36-23(30(47)48)3-1-2-12-37(16-25-33-10-13-38(25)18-28(43)44)17-26-34-11-14-39(26)19-29(45)46/h4-7,10-11,13-14,22-23H,1-3,8-9,12,15-19,32H2,(H,41,42)(H,43,44)(H,45,46)(H,47,48)(H2,35,36,49)/t22-,23-/m0/s1. The zero-order chi connectivity index (χ0) is 38.0. The van der Waals surface area contributed by atoms with Gasteiger partial charge in [-0.25, -0.2) is 19.6 Å². The Labute approximate surface area is 301 Å². The Morgan fingerprint density at radius 2 is 1.38 bits per heavy atom. The SMILES string of the molecule is NOOSc1ccc(CC(=O)[C@H](CCC(=O)O)NC(=O)N[C@@H](CCCCN(Cc2nccn2CC(=O)O)Cc2nccn2CC(=O)O)C(=O)O)cc1. The van der Waals surface area contributed by atoms with Crippen molar-refractivity contribution in [1.29, 1.82) is 0 Å². The highest BCUT2D eigenvalue weighted by atomic mass is 32.2. The predicted molar refractivity (Wildman–Crippen MR) is 179 cm³/mol. The third kappa shape index (κ3) is 14.5. The van der Waals surface area contributed by atoms with Gasteiger partial charge in [-0.15, -0.1) is 9.32 Å². The lowest BCUT2D eigenvalue weighted by Crippen LogP contribution is -2.51. The quantitative estimate of drug-likeness (QED) is 0.0276. The molecule has 0 fully saturated rings. The van der Waals surface area contributed by atoms with Crippen molar-refractivity contribution in [1.82, 2.24) is 34.6 Å². The molecule has 0 bridgehead atoms. The van der Waals surface area contributed by atoms with Crippen LogP contribution in [0.25, 0.3) is 0 Å². The fraction of sp³-hybridized carbons (Fsp3) is 0.419. The second-order valence-corrected chi connectivity index (χ2v) is 12.2. The van der Waals surface area contributed by atoms with Gasteiger partial charge in [0.25, 0.3) is 0 Å². The van der Waals surface area contributed by atoms with Crippen LogP contribution in [0.2, 0.25) is 0 Å². The van der Waals surface area contributed by atoms with Crippen LogP contribution in [0.3, 0.4) is 0 Å². The number of carboxylic acid groups (broad SMARTS) is 4. The number of aromatic nitrogens is 4. The molecule has 0 aliphatic heterocycles. The number of carboxylic acids is 4. The van der Waals surface area contributed by atoms with E-state index in [0.717, 1.165) is 12.0 Å². The number of urea groups is 1. The molecule has 0 spiro atoms. The first-order valence-corrected chi connectivity index (χ1v) is 16.6. The molecule has 52 heavy (non-hydrogen) atoms. The molecular weight excluding hydrogens is 708 g/mol. The molecular formula is C31H40N8O12S. The van der Waals surface area contributed by atoms with Gasteiger partial charge in [0.05, 0.1) is 31.2 Å². The number of benzene rings is 1. The topological polar surface area (TPSA) is 291 Å². The number of rotatable bonds is 25. The van der Waals surface area contributed by atoms with Gasteiger partial charge in [-0.1, -0.05) is 12.1 Å². The Kier molecular flexibility index (Phi) is 16.7. The minimum Gasteiger partial charge on any atom is -0.481 e. The molecule has 3 rings (SSSR count). The molecule has 1 aromatic carbocycles. The Morgan fingerprint density at radius 3 is 1.90 bits per heavy atom. The largest absolute Gasteiger partial charge is 0.481 e. The molecule has 282 valence electrons. The van der Waals surface area contributed by atoms with Gasteiger partial charge < -0.3 is 40.2 Å². The second kappa shape index (κ2) is 21.1. The van der Waals surface area contributed by atoms with Crippen LogP contribution in [-0.2, 0) is 65.9 Å². The number of aliphatic carboxylic acids is 4. The molecule has 2 heterocycles. The number of imidazole rings is 2. The Bertz CT molecular complexity index is 1610. The van der Waals surface area contributed by atoms with E-state index < -0.39 is 54.2 Å². The van der Waals surface area contributed by atoms with Gasteiger partial charge in [-0.05, 0) is 49.9 Å². The van der Waals surface area contributed by atoms with Crippen molar-refractivity contribution < 1.29 is 58.5 Å². The zero-order valence-electron chi connectivity index (χ0n) is 27.8. The van der Waals surface area contributed by atoms with Gasteiger partial charge in [0.1, 0.15) is 30.8 Å². The van der Waals surface area contributed by atoms with E-state index in [1.807, 2.05) is 4.90 Å². The second-order valence-electron chi connectivity index (χ2n) is 11.5. The van der Waals surface area contributed by atoms with Crippen molar-refractivity contribution in [3.63, 3.8) is 0 Å². The summed E-state index contributed by atoms with van der Waals surface area (Å²) in [5, 5.41) is 42.3. The fourth-order valence-electron chi connectivity index (χ4n) is 5.10. The van der Waals surface area contributed by atoms with E-state index in [4.69, 9.17) is 5.90 Å². The maximum Gasteiger partial charge on any atom is 0.326 e. The molecule has 0 saturated heterocycles. The van der Waals surface area contributed by atoms with Crippen LogP contribution < -0.4 is 16.5 Å². The summed E-state index contributed by atoms with van der Waals surface area (Å²) < 4.78 is 7.49. The normalized spacial score (nSPS) is 12.3. The minimum atomic E-state index is -1.35. The first-order valence-electron chi connectivity index (χ1n) is 15.8. The lowest BCUT2D eigenvalue weighted by molar-refractivity contribution is -0.195. The molecule has 3 aromatic rings. The monoisotopic (exact) mass is 748 g/mol. The highest BCUT2D eigenvalue weighted by molar-refractivity contribution is 7.94. The average molecular weight is 749 g/mol. The van der Waals surface area contributed by atoms with E-state index in [1.165, 1.54) is 33.9 Å². The summed E-state index contributed by atoms with van der Waals surface area (Å²) in [6, 6.07) is 3.01. The number of carbonyl (C=O) groups is 6. The van der Waals surface area contributed by atoms with Crippen molar-refractivity contribution in [3.05, 3.63) is 66.3 Å². The van der Waals surface area contributed by atoms with E-state index in [2.05, 4.69) is 29.9 Å². The summed E-state index contributed by atoms with van der Waals surface area (Å²) in [7, 11) is 0. The Balaban J connectivity index is 1.61. The first kappa shape index (κ1) is 41.1. The highest BCUT2D eigenvalue weighted by Crippen LogP contribution is 2.20. The van der Waals surface area contributed by atoms with E-state index >= 15 is 0 Å². The molecule has 2 amide bonds. The summed E-state index contributed by atoms with van der Waals surface area (Å²) >= 11 is 0.840. The van der Waals surface area contributed by atoms with Crippen molar-refractivity contribution in [2.24, 2.45) is 5.90 Å². The van der Waals surface area contributed by atoms with E-state index in [9.17, 15) is 49.2 Å². The van der Waals surface area contributed by atoms with Crippen molar-refractivity contribution in [2.75, 3.05) is 6.54 Å². The predicted octanol–water partition coefficient (Wildman–Crippen LogP) is 1.05. The molecule has 2 atom stereocenters. The van der Waals surface area contributed by atoms with Gasteiger partial charge in [-0.3, -0.25) is 24.1 Å². The molecule has 20 nitrogen and oxygen atoms in total. The summed E-state index contributed by atoms with van der Waals surface area (Å²) in [5.41, 5.74) is 0.569. The van der Waals surface area contributed by atoms with Gasteiger partial charge in [0.2, 0.25) is 0 Å². The molecule has 2 aromatic heterocycles. The van der Waals surface area contributed by atoms with Crippen molar-refractivity contribution in [2.45, 2.75) is 81.7 Å². The molecule has 0 aliphatic rings. The van der Waals surface area contributed by atoms with Crippen molar-refractivity contribution >= 4 is 47.7 Å². The number of nitrogens with one attached hydrogen (secondary N) is 2. The van der Waals surface area contributed by atoms with Crippen LogP contribution in [-0.4, -0.2) is 98.7 Å². The van der Waals surface area contributed by atoms with Crippen molar-refractivity contribution in [3.8, 4) is 0 Å². The third-order valence-electron chi connectivity index (χ3n) is 7.58. The maximum absolute atomic E-state index is 13.1. The van der Waals surface area contributed by atoms with Crippen LogP contribution in [0, 0.1) is 0 Å². The van der Waals surface area contributed by atoms with E-state index in [-0.39, 0.29) is 45.4 Å². The van der Waals surface area contributed by atoms with E-state index in [0.29, 0.717) is 41.5 Å². The highest BCUT2D eigenvalue weighted by Gasteiger charge is 2.26. The summed E-state index contributed by atoms with van der Waals surface area (Å²) in [6.45, 7) is 0.0618. The smallest absolute Gasteiger partial charge is 0.326 e. The average Bonchev–Trinajstić information content (AvgIpc) is 3.71. The van der Waals surface area contributed by atoms with Crippen LogP contribution >= 0.6 is 12.0 Å². The van der Waals surface area contributed by atoms with Crippen LogP contribution in [0.15, 0.2) is 53.9 Å². The number of Topliss-reactive ketones (excluding diaryl/α,β-unsaturated/α-hetero) is 1. The van der Waals surface area contributed by atoms with Crippen LogP contribution in [0.1, 0.15) is 49.3 Å². The summed E-state index contributed by atoms with van der Waals surface area (Å²) in [4.78, 5) is 86.9. The number of unbranched alkanes of at least 4 members (excludes halogenated alkanes) is 1. The number of hydrogen-bond acceptors (Lipinski definition) is 13. The first-order chi connectivity index (χ1) is 24.8. The Morgan fingerprint density at radius 1 is 0.808 bits per heavy atom. The lowest BCUT2D eigenvalue weighted by Gasteiger charge is -2.23. The maximum atomic E-state index is 13.1. The van der Waals surface area contributed by atoms with Gasteiger partial charge in [0, 0.05) is 42.5 Å². The zero-order valence-corrected chi connectivity index (χ0v) is 28.6. The number of nitrogens with two attached hydrogens (primary N) is 1. The molecule has 21 heteroatoms. The number of carbonyl (C=O) groups excluding carboxylic acids is 2. The molecule has 0 aliphatic carbocycles. The Hall–Kier alpha value is -5.35. The minimum absolute atomic E-state index is 0.00507. The summed E-state index contributed by atoms with van der Waals surface area (Å²) in [6.07, 6.45) is 5.89. The third-order valence-corrected chi connectivity index (χ3v) is 8.19. The number of ketones is 1. The van der Waals surface area contributed by atoms with Gasteiger partial charge in [0.15, 0.2) is 5.78 Å². The fourth-order valence-corrected chi connectivity index (χ4v) is 5.47. The van der Waals surface area contributed by atoms with Gasteiger partial charge in [-0.2, -0.15) is 5.90 Å². The molecule has 0 saturated carbocycles.